The molecular formula is C17H20N2O. The predicted molar refractivity (Wildman–Crippen MR) is 80.2 cm³/mol. The second kappa shape index (κ2) is 5.23. The molecule has 20 heavy (non-hydrogen) atoms. The molecule has 1 unspecified atom stereocenters. The van der Waals surface area contributed by atoms with Gasteiger partial charge in [0.05, 0.1) is 5.69 Å². The molecular weight excluding hydrogens is 248 g/mol. The number of aromatic amines is 1. The quantitative estimate of drug-likeness (QED) is 0.910. The van der Waals surface area contributed by atoms with Crippen molar-refractivity contribution < 1.29 is 0 Å². The van der Waals surface area contributed by atoms with Crippen molar-refractivity contribution in [3.8, 4) is 0 Å². The van der Waals surface area contributed by atoms with Gasteiger partial charge in [0.2, 0.25) is 0 Å². The molecule has 3 rings (SSSR count). The zero-order valence-electron chi connectivity index (χ0n) is 12.1. The lowest BCUT2D eigenvalue weighted by Gasteiger charge is -2.24. The van der Waals surface area contributed by atoms with Gasteiger partial charge in [-0.25, -0.2) is 4.98 Å². The Balaban J connectivity index is 1.96. The summed E-state index contributed by atoms with van der Waals surface area (Å²) >= 11 is 0. The van der Waals surface area contributed by atoms with E-state index in [9.17, 15) is 4.79 Å². The second-order valence-corrected chi connectivity index (χ2v) is 5.58. The van der Waals surface area contributed by atoms with E-state index in [4.69, 9.17) is 4.98 Å². The van der Waals surface area contributed by atoms with Crippen LogP contribution < -0.4 is 5.56 Å². The molecule has 3 nitrogen and oxygen atoms in total. The highest BCUT2D eigenvalue weighted by atomic mass is 16.1. The van der Waals surface area contributed by atoms with Crippen molar-refractivity contribution in [1.29, 1.82) is 0 Å². The van der Waals surface area contributed by atoms with Crippen molar-refractivity contribution in [1.82, 2.24) is 9.97 Å². The summed E-state index contributed by atoms with van der Waals surface area (Å²) in [6.45, 7) is 3.90. The molecule has 0 amide bonds. The molecule has 1 aromatic carbocycles. The summed E-state index contributed by atoms with van der Waals surface area (Å²) in [5, 5.41) is 0. The van der Waals surface area contributed by atoms with Gasteiger partial charge in [-0.05, 0) is 43.7 Å². The smallest absolute Gasteiger partial charge is 0.254 e. The molecule has 0 saturated heterocycles. The summed E-state index contributed by atoms with van der Waals surface area (Å²) in [6.07, 6.45) is 3.92. The Hall–Kier alpha value is -1.90. The minimum atomic E-state index is 0.0192. The van der Waals surface area contributed by atoms with Crippen LogP contribution in [0.4, 0.5) is 0 Å². The van der Waals surface area contributed by atoms with E-state index < -0.39 is 0 Å². The zero-order chi connectivity index (χ0) is 14.1. The van der Waals surface area contributed by atoms with Crippen LogP contribution in [0.2, 0.25) is 0 Å². The summed E-state index contributed by atoms with van der Waals surface area (Å²) in [7, 11) is 0. The van der Waals surface area contributed by atoms with Crippen LogP contribution in [-0.2, 0) is 19.3 Å². The van der Waals surface area contributed by atoms with Crippen LogP contribution in [0.5, 0.6) is 0 Å². The average molecular weight is 268 g/mol. The van der Waals surface area contributed by atoms with Crippen molar-refractivity contribution >= 4 is 0 Å². The average Bonchev–Trinajstić information content (AvgIpc) is 2.49. The van der Waals surface area contributed by atoms with E-state index in [0.29, 0.717) is 5.92 Å². The molecule has 1 aliphatic rings. The van der Waals surface area contributed by atoms with Crippen molar-refractivity contribution in [2.75, 3.05) is 0 Å². The van der Waals surface area contributed by atoms with Crippen LogP contribution >= 0.6 is 0 Å². The van der Waals surface area contributed by atoms with E-state index in [0.717, 1.165) is 42.8 Å². The van der Waals surface area contributed by atoms with E-state index >= 15 is 0 Å². The lowest BCUT2D eigenvalue weighted by molar-refractivity contribution is 0.549. The van der Waals surface area contributed by atoms with Crippen molar-refractivity contribution in [2.45, 2.75) is 45.4 Å². The van der Waals surface area contributed by atoms with Gasteiger partial charge in [0.25, 0.3) is 5.56 Å². The summed E-state index contributed by atoms with van der Waals surface area (Å²) in [6, 6.07) is 8.58. The van der Waals surface area contributed by atoms with Crippen LogP contribution in [0, 0.1) is 6.92 Å². The number of benzene rings is 1. The molecule has 104 valence electrons. The van der Waals surface area contributed by atoms with E-state index in [1.54, 1.807) is 0 Å². The molecule has 1 N–H and O–H groups in total. The highest BCUT2D eigenvalue weighted by Crippen LogP contribution is 2.30. The number of nitrogens with one attached hydrogen (secondary N) is 1. The van der Waals surface area contributed by atoms with Crippen molar-refractivity contribution in [3.05, 3.63) is 62.8 Å². The summed E-state index contributed by atoms with van der Waals surface area (Å²) in [4.78, 5) is 19.7. The summed E-state index contributed by atoms with van der Waals surface area (Å²) < 4.78 is 0. The number of nitrogens with zero attached hydrogens (tertiary/aromatic N) is 1. The molecule has 3 heteroatoms. The lowest BCUT2D eigenvalue weighted by Crippen LogP contribution is -2.22. The van der Waals surface area contributed by atoms with Crippen LogP contribution in [-0.4, -0.2) is 9.97 Å². The highest BCUT2D eigenvalue weighted by Gasteiger charge is 2.22. The Morgan fingerprint density at radius 3 is 2.80 bits per heavy atom. The number of hydrogen-bond donors (Lipinski definition) is 1. The maximum atomic E-state index is 12.0. The SMILES string of the molecule is CCc1nc(C2CCc3ccccc3C2)[nH]c(=O)c1C. The van der Waals surface area contributed by atoms with Crippen LogP contribution in [0.3, 0.4) is 0 Å². The zero-order valence-corrected chi connectivity index (χ0v) is 12.1. The molecule has 0 spiro atoms. The standard InChI is InChI=1S/C17H20N2O/c1-3-15-11(2)17(20)19-16(18-15)14-9-8-12-6-4-5-7-13(12)10-14/h4-7,14H,3,8-10H2,1-2H3,(H,18,19,20). The van der Waals surface area contributed by atoms with Gasteiger partial charge in [-0.15, -0.1) is 0 Å². The number of aryl methyl sites for hydroxylation is 2. The van der Waals surface area contributed by atoms with Crippen LogP contribution in [0.15, 0.2) is 29.1 Å². The van der Waals surface area contributed by atoms with Gasteiger partial charge in [0.15, 0.2) is 0 Å². The van der Waals surface area contributed by atoms with E-state index in [-0.39, 0.29) is 5.56 Å². The first-order valence-corrected chi connectivity index (χ1v) is 7.35. The van der Waals surface area contributed by atoms with Gasteiger partial charge in [-0.2, -0.15) is 0 Å². The van der Waals surface area contributed by atoms with E-state index in [1.807, 2.05) is 6.92 Å². The highest BCUT2D eigenvalue weighted by molar-refractivity contribution is 5.32. The van der Waals surface area contributed by atoms with E-state index in [1.165, 1.54) is 11.1 Å². The predicted octanol–water partition coefficient (Wildman–Crippen LogP) is 2.91. The normalized spacial score (nSPS) is 17.8. The Morgan fingerprint density at radius 2 is 2.05 bits per heavy atom. The molecule has 0 fully saturated rings. The molecule has 0 aliphatic heterocycles. The fraction of sp³-hybridized carbons (Fsp3) is 0.412. The molecule has 0 radical (unpaired) electrons. The first kappa shape index (κ1) is 13.1. The largest absolute Gasteiger partial charge is 0.310 e. The van der Waals surface area contributed by atoms with Crippen molar-refractivity contribution in [3.63, 3.8) is 0 Å². The summed E-state index contributed by atoms with van der Waals surface area (Å²) in [5.74, 6) is 1.20. The third kappa shape index (κ3) is 2.28. The Labute approximate surface area is 119 Å². The third-order valence-corrected chi connectivity index (χ3v) is 4.34. The Morgan fingerprint density at radius 1 is 1.30 bits per heavy atom. The summed E-state index contributed by atoms with van der Waals surface area (Å²) in [5.41, 5.74) is 4.54. The topological polar surface area (TPSA) is 45.8 Å². The minimum absolute atomic E-state index is 0.0192. The second-order valence-electron chi connectivity index (χ2n) is 5.58. The minimum Gasteiger partial charge on any atom is -0.310 e. The first-order chi connectivity index (χ1) is 9.69. The van der Waals surface area contributed by atoms with Gasteiger partial charge >= 0.3 is 0 Å². The maximum Gasteiger partial charge on any atom is 0.254 e. The Kier molecular flexibility index (Phi) is 3.43. The van der Waals surface area contributed by atoms with Gasteiger partial charge in [0.1, 0.15) is 5.82 Å². The van der Waals surface area contributed by atoms with Gasteiger partial charge in [-0.3, -0.25) is 4.79 Å². The molecule has 0 bridgehead atoms. The molecule has 1 aliphatic carbocycles. The lowest BCUT2D eigenvalue weighted by atomic mass is 9.83. The van der Waals surface area contributed by atoms with Gasteiger partial charge < -0.3 is 4.98 Å². The monoisotopic (exact) mass is 268 g/mol. The molecule has 2 aromatic rings. The van der Waals surface area contributed by atoms with E-state index in [2.05, 4.69) is 36.2 Å². The fourth-order valence-corrected chi connectivity index (χ4v) is 3.07. The molecule has 0 saturated carbocycles. The third-order valence-electron chi connectivity index (χ3n) is 4.34. The van der Waals surface area contributed by atoms with Gasteiger partial charge in [0, 0.05) is 11.5 Å². The molecule has 1 atom stereocenters. The van der Waals surface area contributed by atoms with Gasteiger partial charge in [-0.1, -0.05) is 31.2 Å². The number of fused-ring (bicyclic) bond motifs is 1. The molecule has 1 heterocycles. The number of H-pyrrole nitrogens is 1. The number of hydrogen-bond acceptors (Lipinski definition) is 2. The van der Waals surface area contributed by atoms with Crippen LogP contribution in [0.25, 0.3) is 0 Å². The maximum absolute atomic E-state index is 12.0. The van der Waals surface area contributed by atoms with Crippen LogP contribution in [0.1, 0.15) is 47.5 Å². The first-order valence-electron chi connectivity index (χ1n) is 7.35. The number of aromatic nitrogens is 2. The van der Waals surface area contributed by atoms with Crippen molar-refractivity contribution in [2.24, 2.45) is 0 Å². The fourth-order valence-electron chi connectivity index (χ4n) is 3.07. The number of rotatable bonds is 2. The molecule has 1 aromatic heterocycles. The Bertz CT molecular complexity index is 688.